The third-order valence-electron chi connectivity index (χ3n) is 2.10. The van der Waals surface area contributed by atoms with Crippen LogP contribution in [0.15, 0.2) is 16.5 Å². The average Bonchev–Trinajstić information content (AvgIpc) is 2.75. The number of carboxylic acid groups (broad SMARTS) is 1. The van der Waals surface area contributed by atoms with Gasteiger partial charge in [0, 0.05) is 6.54 Å². The molecule has 0 aliphatic carbocycles. The van der Waals surface area contributed by atoms with E-state index in [1.54, 1.807) is 11.8 Å². The lowest BCUT2D eigenvalue weighted by Crippen LogP contribution is -2.28. The number of amides is 1. The molecule has 1 atom stereocenters. The van der Waals surface area contributed by atoms with Gasteiger partial charge in [0.15, 0.2) is 5.76 Å². The molecule has 0 aliphatic rings. The van der Waals surface area contributed by atoms with Crippen molar-refractivity contribution >= 4 is 23.6 Å². The van der Waals surface area contributed by atoms with E-state index in [4.69, 9.17) is 9.52 Å². The summed E-state index contributed by atoms with van der Waals surface area (Å²) >= 11 is 1.71. The molecule has 17 heavy (non-hydrogen) atoms. The first kappa shape index (κ1) is 13.6. The van der Waals surface area contributed by atoms with Gasteiger partial charge in [-0.2, -0.15) is 11.8 Å². The Morgan fingerprint density at radius 2 is 2.12 bits per heavy atom. The van der Waals surface area contributed by atoms with Gasteiger partial charge in [-0.15, -0.1) is 0 Å². The van der Waals surface area contributed by atoms with Crippen LogP contribution in [0.3, 0.4) is 0 Å². The van der Waals surface area contributed by atoms with Crippen molar-refractivity contribution in [2.45, 2.75) is 6.92 Å². The molecule has 94 valence electrons. The molecule has 0 saturated heterocycles. The van der Waals surface area contributed by atoms with Crippen LogP contribution < -0.4 is 5.32 Å². The van der Waals surface area contributed by atoms with Crippen molar-refractivity contribution in [3.05, 3.63) is 23.7 Å². The molecule has 5 nitrogen and oxygen atoms in total. The smallest absolute Gasteiger partial charge is 0.371 e. The van der Waals surface area contributed by atoms with Gasteiger partial charge in [0.2, 0.25) is 5.76 Å². The van der Waals surface area contributed by atoms with Crippen LogP contribution in [0.1, 0.15) is 28.0 Å². The maximum absolute atomic E-state index is 11.6. The lowest BCUT2D eigenvalue weighted by Gasteiger charge is -2.09. The van der Waals surface area contributed by atoms with Crippen LogP contribution in [0.4, 0.5) is 0 Å². The normalized spacial score (nSPS) is 12.1. The summed E-state index contributed by atoms with van der Waals surface area (Å²) in [6.45, 7) is 2.57. The highest BCUT2D eigenvalue weighted by Gasteiger charge is 2.15. The number of aromatic carboxylic acids is 1. The zero-order valence-corrected chi connectivity index (χ0v) is 10.5. The SMILES string of the molecule is CSCC(C)CNC(=O)c1ccc(C(=O)O)o1. The molecule has 1 unspecified atom stereocenters. The second-order valence-electron chi connectivity index (χ2n) is 3.74. The molecule has 0 aromatic carbocycles. The lowest BCUT2D eigenvalue weighted by molar-refractivity contribution is 0.0659. The summed E-state index contributed by atoms with van der Waals surface area (Å²) in [6, 6.07) is 2.63. The Morgan fingerprint density at radius 3 is 2.65 bits per heavy atom. The quantitative estimate of drug-likeness (QED) is 0.811. The van der Waals surface area contributed by atoms with Gasteiger partial charge in [-0.25, -0.2) is 4.79 Å². The highest BCUT2D eigenvalue weighted by atomic mass is 32.2. The maximum atomic E-state index is 11.6. The number of carbonyl (C=O) groups is 2. The summed E-state index contributed by atoms with van der Waals surface area (Å²) in [4.78, 5) is 22.1. The Bertz CT molecular complexity index is 402. The van der Waals surface area contributed by atoms with Gasteiger partial charge in [0.25, 0.3) is 5.91 Å². The fourth-order valence-corrected chi connectivity index (χ4v) is 1.96. The minimum absolute atomic E-state index is 0.0266. The van der Waals surface area contributed by atoms with Crippen molar-refractivity contribution < 1.29 is 19.1 Å². The van der Waals surface area contributed by atoms with Crippen molar-refractivity contribution in [1.29, 1.82) is 0 Å². The largest absolute Gasteiger partial charge is 0.475 e. The minimum atomic E-state index is -1.18. The molecule has 1 heterocycles. The molecular formula is C11H15NO4S. The van der Waals surface area contributed by atoms with Crippen LogP contribution in [0, 0.1) is 5.92 Å². The predicted molar refractivity (Wildman–Crippen MR) is 65.5 cm³/mol. The average molecular weight is 257 g/mol. The number of furan rings is 1. The molecule has 1 amide bonds. The summed E-state index contributed by atoms with van der Waals surface area (Å²) in [5, 5.41) is 11.3. The number of carboxylic acids is 1. The molecule has 1 aromatic rings. The number of hydrogen-bond donors (Lipinski definition) is 2. The Labute approximate surface area is 104 Å². The Morgan fingerprint density at radius 1 is 1.47 bits per heavy atom. The summed E-state index contributed by atoms with van der Waals surface area (Å²) in [7, 11) is 0. The monoisotopic (exact) mass is 257 g/mol. The highest BCUT2D eigenvalue weighted by Crippen LogP contribution is 2.08. The zero-order valence-electron chi connectivity index (χ0n) is 9.73. The molecule has 1 rings (SSSR count). The molecule has 0 fully saturated rings. The van der Waals surface area contributed by atoms with E-state index in [1.807, 2.05) is 13.2 Å². The Kier molecular flexibility index (Phi) is 5.09. The fraction of sp³-hybridized carbons (Fsp3) is 0.455. The van der Waals surface area contributed by atoms with Gasteiger partial charge in [-0.05, 0) is 30.1 Å². The second-order valence-corrected chi connectivity index (χ2v) is 4.65. The van der Waals surface area contributed by atoms with E-state index in [1.165, 1.54) is 12.1 Å². The topological polar surface area (TPSA) is 79.5 Å². The summed E-state index contributed by atoms with van der Waals surface area (Å²) < 4.78 is 4.88. The number of rotatable bonds is 6. The van der Waals surface area contributed by atoms with Gasteiger partial charge in [-0.3, -0.25) is 4.79 Å². The number of hydrogen-bond acceptors (Lipinski definition) is 4. The molecule has 0 bridgehead atoms. The standard InChI is InChI=1S/C11H15NO4S/c1-7(6-17-2)5-12-10(13)8-3-4-9(16-8)11(14)15/h3-4,7H,5-6H2,1-2H3,(H,12,13)(H,14,15). The molecule has 2 N–H and O–H groups in total. The van der Waals surface area contributed by atoms with Crippen LogP contribution in [0.2, 0.25) is 0 Å². The summed E-state index contributed by atoms with van der Waals surface area (Å²) in [6.07, 6.45) is 2.00. The molecule has 0 aliphatic heterocycles. The first-order valence-electron chi connectivity index (χ1n) is 5.15. The number of nitrogens with one attached hydrogen (secondary N) is 1. The fourth-order valence-electron chi connectivity index (χ4n) is 1.27. The van der Waals surface area contributed by atoms with E-state index < -0.39 is 5.97 Å². The summed E-state index contributed by atoms with van der Waals surface area (Å²) in [5.74, 6) is -0.446. The van der Waals surface area contributed by atoms with E-state index >= 15 is 0 Å². The Hall–Kier alpha value is -1.43. The van der Waals surface area contributed by atoms with Gasteiger partial charge < -0.3 is 14.8 Å². The highest BCUT2D eigenvalue weighted by molar-refractivity contribution is 7.98. The van der Waals surface area contributed by atoms with Crippen LogP contribution in [-0.2, 0) is 0 Å². The van der Waals surface area contributed by atoms with Crippen molar-refractivity contribution in [2.24, 2.45) is 5.92 Å². The molecule has 0 saturated carbocycles. The van der Waals surface area contributed by atoms with Crippen LogP contribution in [-0.4, -0.2) is 35.5 Å². The van der Waals surface area contributed by atoms with Gasteiger partial charge in [-0.1, -0.05) is 6.92 Å². The lowest BCUT2D eigenvalue weighted by atomic mass is 10.2. The minimum Gasteiger partial charge on any atom is -0.475 e. The predicted octanol–water partition coefficient (Wildman–Crippen LogP) is 1.71. The van der Waals surface area contributed by atoms with Crippen molar-refractivity contribution in [3.63, 3.8) is 0 Å². The first-order valence-corrected chi connectivity index (χ1v) is 6.54. The molecular weight excluding hydrogens is 242 g/mol. The third-order valence-corrected chi connectivity index (χ3v) is 3.01. The van der Waals surface area contributed by atoms with Crippen molar-refractivity contribution in [2.75, 3.05) is 18.6 Å². The van der Waals surface area contributed by atoms with Crippen LogP contribution in [0.5, 0.6) is 0 Å². The van der Waals surface area contributed by atoms with Gasteiger partial charge >= 0.3 is 5.97 Å². The van der Waals surface area contributed by atoms with Crippen molar-refractivity contribution in [1.82, 2.24) is 5.32 Å². The van der Waals surface area contributed by atoms with Crippen molar-refractivity contribution in [3.8, 4) is 0 Å². The van der Waals surface area contributed by atoms with E-state index in [2.05, 4.69) is 5.32 Å². The van der Waals surface area contributed by atoms with E-state index in [0.29, 0.717) is 12.5 Å². The number of thioether (sulfide) groups is 1. The van der Waals surface area contributed by atoms with Gasteiger partial charge in [0.05, 0.1) is 0 Å². The molecule has 0 spiro atoms. The zero-order chi connectivity index (χ0) is 12.8. The molecule has 0 radical (unpaired) electrons. The van der Waals surface area contributed by atoms with Crippen LogP contribution in [0.25, 0.3) is 0 Å². The van der Waals surface area contributed by atoms with E-state index in [0.717, 1.165) is 5.75 Å². The third kappa shape index (κ3) is 4.14. The van der Waals surface area contributed by atoms with E-state index in [9.17, 15) is 9.59 Å². The second kappa shape index (κ2) is 6.34. The first-order chi connectivity index (χ1) is 8.04. The summed E-state index contributed by atoms with van der Waals surface area (Å²) in [5.41, 5.74) is 0. The number of carbonyl (C=O) groups excluding carboxylic acids is 1. The van der Waals surface area contributed by atoms with Gasteiger partial charge in [0.1, 0.15) is 0 Å². The van der Waals surface area contributed by atoms with E-state index in [-0.39, 0.29) is 17.4 Å². The Balaban J connectivity index is 2.49. The van der Waals surface area contributed by atoms with Crippen LogP contribution >= 0.6 is 11.8 Å². The maximum Gasteiger partial charge on any atom is 0.371 e. The molecule has 1 aromatic heterocycles. The molecule has 6 heteroatoms.